The van der Waals surface area contributed by atoms with E-state index in [4.69, 9.17) is 16.3 Å². The summed E-state index contributed by atoms with van der Waals surface area (Å²) in [6, 6.07) is 15.4. The van der Waals surface area contributed by atoms with Gasteiger partial charge in [-0.2, -0.15) is 9.50 Å². The zero-order valence-electron chi connectivity index (χ0n) is 15.2. The van der Waals surface area contributed by atoms with Crippen molar-refractivity contribution in [3.63, 3.8) is 0 Å². The maximum Gasteiger partial charge on any atom is 0.254 e. The van der Waals surface area contributed by atoms with Gasteiger partial charge in [0.2, 0.25) is 0 Å². The first kappa shape index (κ1) is 17.3. The number of nitrogens with one attached hydrogen (secondary N) is 1. The molecular weight excluding hydrogens is 362 g/mol. The van der Waals surface area contributed by atoms with Crippen molar-refractivity contribution in [3.8, 4) is 17.1 Å². The molecule has 0 aliphatic heterocycles. The van der Waals surface area contributed by atoms with Crippen LogP contribution in [-0.2, 0) is 0 Å². The molecule has 2 heterocycles. The average molecular weight is 380 g/mol. The second kappa shape index (κ2) is 6.89. The van der Waals surface area contributed by atoms with Gasteiger partial charge in [-0.05, 0) is 38.1 Å². The Labute approximate surface area is 161 Å². The Morgan fingerprint density at radius 2 is 1.89 bits per heavy atom. The van der Waals surface area contributed by atoms with E-state index in [9.17, 15) is 0 Å². The van der Waals surface area contributed by atoms with Crippen LogP contribution in [0.25, 0.3) is 17.2 Å². The van der Waals surface area contributed by atoms with Crippen molar-refractivity contribution in [3.05, 3.63) is 64.8 Å². The number of hydrogen-bond donors (Lipinski definition) is 1. The van der Waals surface area contributed by atoms with E-state index >= 15 is 0 Å². The maximum absolute atomic E-state index is 6.15. The number of aryl methyl sites for hydroxylation is 2. The lowest BCUT2D eigenvalue weighted by Gasteiger charge is -2.12. The fraction of sp³-hybridized carbons (Fsp3) is 0.150. The SMILES string of the molecule is COc1ccc(Cl)cc1Nc1cc(C)nc2nc(-c3cccc(C)c3)nn12. The van der Waals surface area contributed by atoms with E-state index in [1.54, 1.807) is 23.8 Å². The molecule has 0 unspecified atom stereocenters. The molecule has 136 valence electrons. The number of nitrogens with zero attached hydrogens (tertiary/aromatic N) is 4. The van der Waals surface area contributed by atoms with Gasteiger partial charge >= 0.3 is 0 Å². The quantitative estimate of drug-likeness (QED) is 0.551. The minimum Gasteiger partial charge on any atom is -0.495 e. The van der Waals surface area contributed by atoms with Crippen molar-refractivity contribution in [2.24, 2.45) is 0 Å². The molecule has 1 N–H and O–H groups in total. The standard InChI is InChI=1S/C20H18ClN5O/c1-12-5-4-6-14(9-12)19-24-20-22-13(2)10-18(26(20)25-19)23-16-11-15(21)7-8-17(16)27-3/h4-11,23H,1-3H3. The molecule has 0 saturated carbocycles. The molecule has 0 bridgehead atoms. The molecule has 0 fully saturated rings. The zero-order chi connectivity index (χ0) is 19.0. The molecule has 27 heavy (non-hydrogen) atoms. The van der Waals surface area contributed by atoms with Crippen molar-refractivity contribution in [1.29, 1.82) is 0 Å². The highest BCUT2D eigenvalue weighted by Gasteiger charge is 2.13. The molecule has 0 atom stereocenters. The summed E-state index contributed by atoms with van der Waals surface area (Å²) in [6.45, 7) is 3.96. The van der Waals surface area contributed by atoms with Gasteiger partial charge in [-0.1, -0.05) is 35.4 Å². The summed E-state index contributed by atoms with van der Waals surface area (Å²) in [5.74, 6) is 2.55. The van der Waals surface area contributed by atoms with Crippen molar-refractivity contribution >= 4 is 28.9 Å². The van der Waals surface area contributed by atoms with Crippen molar-refractivity contribution < 1.29 is 4.74 Å². The van der Waals surface area contributed by atoms with Crippen molar-refractivity contribution in [2.75, 3.05) is 12.4 Å². The largest absolute Gasteiger partial charge is 0.495 e. The highest BCUT2D eigenvalue weighted by Crippen LogP contribution is 2.31. The number of anilines is 2. The van der Waals surface area contributed by atoms with E-state index in [1.165, 1.54) is 0 Å². The predicted octanol–water partition coefficient (Wildman–Crippen LogP) is 4.81. The van der Waals surface area contributed by atoms with Gasteiger partial charge in [0.1, 0.15) is 11.6 Å². The van der Waals surface area contributed by atoms with E-state index in [0.717, 1.165) is 28.3 Å². The summed E-state index contributed by atoms with van der Waals surface area (Å²) in [7, 11) is 1.62. The number of benzene rings is 2. The van der Waals surface area contributed by atoms with Gasteiger partial charge in [0.15, 0.2) is 5.82 Å². The van der Waals surface area contributed by atoms with Crippen LogP contribution in [0.1, 0.15) is 11.3 Å². The Bertz CT molecular complexity index is 1140. The molecule has 0 radical (unpaired) electrons. The molecule has 0 saturated heterocycles. The molecule has 0 amide bonds. The van der Waals surface area contributed by atoms with Crippen molar-refractivity contribution in [1.82, 2.24) is 19.6 Å². The lowest BCUT2D eigenvalue weighted by molar-refractivity contribution is 0.417. The van der Waals surface area contributed by atoms with Crippen LogP contribution in [0, 0.1) is 13.8 Å². The third-order valence-electron chi connectivity index (χ3n) is 4.14. The minimum atomic E-state index is 0.523. The number of fused-ring (bicyclic) bond motifs is 1. The zero-order valence-corrected chi connectivity index (χ0v) is 15.9. The first-order valence-corrected chi connectivity index (χ1v) is 8.83. The highest BCUT2D eigenvalue weighted by atomic mass is 35.5. The Kier molecular flexibility index (Phi) is 4.41. The monoisotopic (exact) mass is 379 g/mol. The van der Waals surface area contributed by atoms with E-state index < -0.39 is 0 Å². The second-order valence-electron chi connectivity index (χ2n) is 6.27. The van der Waals surface area contributed by atoms with Crippen LogP contribution < -0.4 is 10.1 Å². The van der Waals surface area contributed by atoms with Crippen LogP contribution in [-0.4, -0.2) is 26.7 Å². The molecule has 2 aromatic heterocycles. The lowest BCUT2D eigenvalue weighted by Crippen LogP contribution is -2.03. The summed E-state index contributed by atoms with van der Waals surface area (Å²) in [4.78, 5) is 9.09. The van der Waals surface area contributed by atoms with E-state index in [2.05, 4.69) is 26.4 Å². The molecule has 0 aliphatic rings. The Balaban J connectivity index is 1.83. The number of hydrogen-bond acceptors (Lipinski definition) is 5. The predicted molar refractivity (Wildman–Crippen MR) is 107 cm³/mol. The van der Waals surface area contributed by atoms with Crippen LogP contribution in [0.3, 0.4) is 0 Å². The third-order valence-corrected chi connectivity index (χ3v) is 4.38. The average Bonchev–Trinajstić information content (AvgIpc) is 3.06. The molecule has 7 heteroatoms. The summed E-state index contributed by atoms with van der Waals surface area (Å²) in [5.41, 5.74) is 3.67. The Morgan fingerprint density at radius 3 is 2.67 bits per heavy atom. The lowest BCUT2D eigenvalue weighted by atomic mass is 10.1. The fourth-order valence-corrected chi connectivity index (χ4v) is 3.07. The van der Waals surface area contributed by atoms with Crippen LogP contribution in [0.15, 0.2) is 48.5 Å². The van der Waals surface area contributed by atoms with Gasteiger partial charge < -0.3 is 10.1 Å². The topological polar surface area (TPSA) is 64.3 Å². The summed E-state index contributed by atoms with van der Waals surface area (Å²) < 4.78 is 7.11. The highest BCUT2D eigenvalue weighted by molar-refractivity contribution is 6.31. The molecule has 2 aromatic carbocycles. The molecule has 4 rings (SSSR count). The summed E-state index contributed by atoms with van der Waals surface area (Å²) in [5, 5.41) is 8.59. The van der Waals surface area contributed by atoms with E-state index in [1.807, 2.05) is 44.2 Å². The van der Waals surface area contributed by atoms with Gasteiger partial charge in [0, 0.05) is 22.3 Å². The maximum atomic E-state index is 6.15. The van der Waals surface area contributed by atoms with Crippen LogP contribution in [0.5, 0.6) is 5.75 Å². The molecule has 0 spiro atoms. The minimum absolute atomic E-state index is 0.523. The number of halogens is 1. The van der Waals surface area contributed by atoms with E-state index in [0.29, 0.717) is 22.4 Å². The Morgan fingerprint density at radius 1 is 1.04 bits per heavy atom. The van der Waals surface area contributed by atoms with Crippen LogP contribution >= 0.6 is 11.6 Å². The van der Waals surface area contributed by atoms with E-state index in [-0.39, 0.29) is 0 Å². The smallest absolute Gasteiger partial charge is 0.254 e. The van der Waals surface area contributed by atoms with Crippen molar-refractivity contribution in [2.45, 2.75) is 13.8 Å². The van der Waals surface area contributed by atoms with Crippen LogP contribution in [0.4, 0.5) is 11.5 Å². The van der Waals surface area contributed by atoms with Gasteiger partial charge in [-0.15, -0.1) is 5.10 Å². The number of ether oxygens (including phenoxy) is 1. The molecule has 0 aliphatic carbocycles. The second-order valence-corrected chi connectivity index (χ2v) is 6.71. The first-order valence-electron chi connectivity index (χ1n) is 8.45. The van der Waals surface area contributed by atoms with Gasteiger partial charge in [-0.3, -0.25) is 0 Å². The summed E-state index contributed by atoms with van der Waals surface area (Å²) >= 11 is 6.15. The number of aromatic nitrogens is 4. The number of methoxy groups -OCH3 is 1. The van der Waals surface area contributed by atoms with Gasteiger partial charge in [0.05, 0.1) is 12.8 Å². The van der Waals surface area contributed by atoms with Crippen LogP contribution in [0.2, 0.25) is 5.02 Å². The Hall–Kier alpha value is -3.12. The molecular formula is C20H18ClN5O. The number of rotatable bonds is 4. The normalized spacial score (nSPS) is 11.0. The molecule has 4 aromatic rings. The fourth-order valence-electron chi connectivity index (χ4n) is 2.90. The summed E-state index contributed by atoms with van der Waals surface area (Å²) in [6.07, 6.45) is 0. The third kappa shape index (κ3) is 3.44. The molecule has 6 nitrogen and oxygen atoms in total. The first-order chi connectivity index (χ1) is 13.0. The van der Waals surface area contributed by atoms with Gasteiger partial charge in [-0.25, -0.2) is 4.98 Å². The van der Waals surface area contributed by atoms with Gasteiger partial charge in [0.25, 0.3) is 5.78 Å².